The molecule has 1 aliphatic rings. The Morgan fingerprint density at radius 2 is 2.05 bits per heavy atom. The molecule has 0 saturated carbocycles. The molecule has 5 nitrogen and oxygen atoms in total. The van der Waals surface area contributed by atoms with Gasteiger partial charge in [-0.3, -0.25) is 4.79 Å². The maximum Gasteiger partial charge on any atom is 0.410 e. The number of amides is 1. The number of ether oxygens (including phenoxy) is 1. The van der Waals surface area contributed by atoms with E-state index in [0.29, 0.717) is 25.8 Å². The first kappa shape index (κ1) is 19.5. The third-order valence-electron chi connectivity index (χ3n) is 3.22. The maximum atomic E-state index is 12.0. The average molecular weight is 292 g/mol. The van der Waals surface area contributed by atoms with Crippen LogP contribution in [0.25, 0.3) is 0 Å². The number of carbonyl (C=O) groups excluding carboxylic acids is 1. The van der Waals surface area contributed by atoms with Crippen LogP contribution in [0.3, 0.4) is 0 Å². The second-order valence-electron chi connectivity index (χ2n) is 6.08. The van der Waals surface area contributed by atoms with Gasteiger partial charge in [0.25, 0.3) is 0 Å². The Hall–Kier alpha value is -0.520. The molecule has 1 aliphatic heterocycles. The maximum absolute atomic E-state index is 12.0. The first-order valence-corrected chi connectivity index (χ1v) is 6.52. The number of allylic oxidation sites excluding steroid dienone is 1. The number of rotatable bonds is 3. The Balaban J connectivity index is 0.00000361. The quantitative estimate of drug-likeness (QED) is 0.640. The first-order valence-electron chi connectivity index (χ1n) is 6.52. The van der Waals surface area contributed by atoms with Crippen LogP contribution in [-0.4, -0.2) is 70.3 Å². The summed E-state index contributed by atoms with van der Waals surface area (Å²) in [4.78, 5) is 25.0. The van der Waals surface area contributed by atoms with Gasteiger partial charge in [0.05, 0.1) is 5.41 Å². The van der Waals surface area contributed by atoms with Gasteiger partial charge in [0.1, 0.15) is 5.60 Å². The van der Waals surface area contributed by atoms with Crippen molar-refractivity contribution < 1.29 is 19.4 Å². The molecule has 1 unspecified atom stereocenters. The molecule has 109 valence electrons. The molecule has 1 atom stereocenters. The van der Waals surface area contributed by atoms with E-state index in [2.05, 4.69) is 6.58 Å². The Labute approximate surface area is 142 Å². The number of piperidine rings is 1. The molecule has 0 aliphatic carbocycles. The van der Waals surface area contributed by atoms with Gasteiger partial charge < -0.3 is 14.7 Å². The summed E-state index contributed by atoms with van der Waals surface area (Å²) in [6.07, 6.45) is 2.75. The molecule has 1 radical (unpaired) electrons. The molecule has 20 heavy (non-hydrogen) atoms. The number of aliphatic carboxylic acids is 1. The van der Waals surface area contributed by atoms with Crippen molar-refractivity contribution in [1.82, 2.24) is 4.90 Å². The van der Waals surface area contributed by atoms with Gasteiger partial charge in [-0.15, -0.1) is 6.58 Å². The van der Waals surface area contributed by atoms with Crippen LogP contribution < -0.4 is 0 Å². The number of hydrogen-bond acceptors (Lipinski definition) is 3. The van der Waals surface area contributed by atoms with E-state index in [1.54, 1.807) is 26.8 Å². The van der Waals surface area contributed by atoms with Gasteiger partial charge >= 0.3 is 12.1 Å². The topological polar surface area (TPSA) is 66.8 Å². The third-order valence-corrected chi connectivity index (χ3v) is 3.22. The Morgan fingerprint density at radius 1 is 1.45 bits per heavy atom. The van der Waals surface area contributed by atoms with Crippen molar-refractivity contribution in [3.05, 3.63) is 12.7 Å². The van der Waals surface area contributed by atoms with E-state index in [-0.39, 0.29) is 36.1 Å². The third kappa shape index (κ3) is 5.11. The fraction of sp³-hybridized carbons (Fsp3) is 0.714. The van der Waals surface area contributed by atoms with Crippen LogP contribution in [0.15, 0.2) is 12.7 Å². The van der Waals surface area contributed by atoms with E-state index < -0.39 is 23.1 Å². The van der Waals surface area contributed by atoms with E-state index in [1.165, 1.54) is 4.90 Å². The Kier molecular flexibility index (Phi) is 7.28. The number of hydrogen-bond donors (Lipinski definition) is 1. The zero-order chi connectivity index (χ0) is 14.7. The summed E-state index contributed by atoms with van der Waals surface area (Å²) >= 11 is 0. The molecule has 1 saturated heterocycles. The van der Waals surface area contributed by atoms with Gasteiger partial charge in [-0.2, -0.15) is 0 Å². The number of likely N-dealkylation sites (tertiary alicyclic amines) is 1. The number of nitrogens with zero attached hydrogens (tertiary/aromatic N) is 1. The van der Waals surface area contributed by atoms with E-state index in [9.17, 15) is 14.7 Å². The number of carboxylic acids is 1. The fourth-order valence-corrected chi connectivity index (χ4v) is 2.32. The van der Waals surface area contributed by atoms with Crippen molar-refractivity contribution in [3.8, 4) is 0 Å². The summed E-state index contributed by atoms with van der Waals surface area (Å²) in [5.74, 6) is -0.874. The van der Waals surface area contributed by atoms with Crippen molar-refractivity contribution in [1.29, 1.82) is 0 Å². The minimum Gasteiger partial charge on any atom is -0.481 e. The summed E-state index contributed by atoms with van der Waals surface area (Å²) in [6, 6.07) is 0. The first-order chi connectivity index (χ1) is 8.70. The molecule has 1 fully saturated rings. The molecule has 0 bridgehead atoms. The van der Waals surface area contributed by atoms with Gasteiger partial charge in [-0.1, -0.05) is 6.08 Å². The molecule has 1 rings (SSSR count). The van der Waals surface area contributed by atoms with Crippen LogP contribution >= 0.6 is 0 Å². The predicted molar refractivity (Wildman–Crippen MR) is 77.7 cm³/mol. The summed E-state index contributed by atoms with van der Waals surface area (Å²) in [6.45, 7) is 9.72. The summed E-state index contributed by atoms with van der Waals surface area (Å²) in [7, 11) is 0. The molecule has 1 heterocycles. The molecule has 0 spiro atoms. The Bertz CT molecular complexity index is 378. The fourth-order valence-electron chi connectivity index (χ4n) is 2.32. The van der Waals surface area contributed by atoms with Crippen molar-refractivity contribution in [2.75, 3.05) is 13.1 Å². The number of carbonyl (C=O) groups is 2. The monoisotopic (exact) mass is 292 g/mol. The zero-order valence-corrected chi connectivity index (χ0v) is 14.9. The van der Waals surface area contributed by atoms with Crippen LogP contribution in [-0.2, 0) is 9.53 Å². The van der Waals surface area contributed by atoms with Crippen molar-refractivity contribution in [2.24, 2.45) is 5.41 Å². The molecule has 6 heteroatoms. The van der Waals surface area contributed by atoms with Gasteiger partial charge in [0.15, 0.2) is 0 Å². The van der Waals surface area contributed by atoms with Crippen LogP contribution in [0, 0.1) is 5.41 Å². The summed E-state index contributed by atoms with van der Waals surface area (Å²) in [5.41, 5.74) is -1.49. The second-order valence-corrected chi connectivity index (χ2v) is 6.08. The summed E-state index contributed by atoms with van der Waals surface area (Å²) < 4.78 is 5.30. The Morgan fingerprint density at radius 3 is 2.50 bits per heavy atom. The van der Waals surface area contributed by atoms with Crippen LogP contribution in [0.4, 0.5) is 4.79 Å². The molecule has 0 aromatic heterocycles. The van der Waals surface area contributed by atoms with Crippen molar-refractivity contribution in [2.45, 2.75) is 45.6 Å². The molecule has 0 aromatic carbocycles. The van der Waals surface area contributed by atoms with Gasteiger partial charge in [0, 0.05) is 42.6 Å². The average Bonchev–Trinajstić information content (AvgIpc) is 2.27. The largest absolute Gasteiger partial charge is 0.481 e. The van der Waals surface area contributed by atoms with Gasteiger partial charge in [-0.25, -0.2) is 4.79 Å². The molecule has 1 N–H and O–H groups in total. The summed E-state index contributed by atoms with van der Waals surface area (Å²) in [5, 5.41) is 9.43. The van der Waals surface area contributed by atoms with E-state index >= 15 is 0 Å². The van der Waals surface area contributed by atoms with Crippen LogP contribution in [0.5, 0.6) is 0 Å². The standard InChI is InChI=1S/C14H23NO4.Na/c1-5-7-14(11(16)17)8-6-9-15(10-14)12(18)19-13(2,3)4;/h5H,1,6-10H2,2-4H3,(H,16,17);. The minimum atomic E-state index is -0.920. The molecule has 0 aromatic rings. The van der Waals surface area contributed by atoms with E-state index in [4.69, 9.17) is 4.74 Å². The van der Waals surface area contributed by atoms with Crippen molar-refractivity contribution in [3.63, 3.8) is 0 Å². The minimum absolute atomic E-state index is 0. The van der Waals surface area contributed by atoms with E-state index in [1.807, 2.05) is 0 Å². The zero-order valence-electron chi connectivity index (χ0n) is 12.9. The SMILES string of the molecule is C=CCC1(C(=O)O)CCCN(C(=O)OC(C)(C)C)C1.[Na]. The second kappa shape index (κ2) is 7.48. The molecule has 1 amide bonds. The predicted octanol–water partition coefficient (Wildman–Crippen LogP) is 2.28. The van der Waals surface area contributed by atoms with Crippen LogP contribution in [0.2, 0.25) is 0 Å². The molecular weight excluding hydrogens is 269 g/mol. The normalized spacial score (nSPS) is 22.6. The van der Waals surface area contributed by atoms with Crippen molar-refractivity contribution >= 4 is 41.6 Å². The number of carboxylic acid groups (broad SMARTS) is 1. The molecular formula is C14H23NNaO4. The van der Waals surface area contributed by atoms with Crippen LogP contribution in [0.1, 0.15) is 40.0 Å². The van der Waals surface area contributed by atoms with Gasteiger partial charge in [0.2, 0.25) is 0 Å². The smallest absolute Gasteiger partial charge is 0.410 e. The van der Waals surface area contributed by atoms with Gasteiger partial charge in [-0.05, 0) is 40.0 Å². The van der Waals surface area contributed by atoms with E-state index in [0.717, 1.165) is 0 Å².